The van der Waals surface area contributed by atoms with Gasteiger partial charge in [0, 0.05) is 27.6 Å². The van der Waals surface area contributed by atoms with Crippen LogP contribution in [0.4, 0.5) is 0 Å². The van der Waals surface area contributed by atoms with Crippen LogP contribution < -0.4 is 0 Å². The fraction of sp³-hybridized carbons (Fsp3) is 0.100. The Morgan fingerprint density at radius 3 is 2.22 bits per heavy atom. The number of aryl methyl sites for hydroxylation is 2. The third kappa shape index (κ3) is 3.34. The van der Waals surface area contributed by atoms with E-state index in [0.29, 0.717) is 0 Å². The molecule has 2 heteroatoms. The molecule has 4 aromatic carbocycles. The van der Waals surface area contributed by atoms with Crippen molar-refractivity contribution in [1.29, 1.82) is 0 Å². The molecule has 0 aliphatic heterocycles. The van der Waals surface area contributed by atoms with Crippen LogP contribution in [0.25, 0.3) is 38.8 Å². The summed E-state index contributed by atoms with van der Waals surface area (Å²) in [4.78, 5) is 4.99. The first kappa shape index (κ1) is 20.0. The Labute approximate surface area is 188 Å². The Balaban J connectivity index is 1.64. The number of para-hydroxylation sites is 1. The predicted molar refractivity (Wildman–Crippen MR) is 136 cm³/mol. The molecule has 0 amide bonds. The summed E-state index contributed by atoms with van der Waals surface area (Å²) in [6.45, 7) is 10.7. The molecule has 5 rings (SSSR count). The highest BCUT2D eigenvalue weighted by Gasteiger charge is 2.15. The van der Waals surface area contributed by atoms with Crippen LogP contribution in [0.3, 0.4) is 0 Å². The second kappa shape index (κ2) is 7.97. The minimum Gasteiger partial charge on any atom is -0.456 e. The first-order chi connectivity index (χ1) is 15.5. The van der Waals surface area contributed by atoms with Gasteiger partial charge in [0.25, 0.3) is 0 Å². The summed E-state index contributed by atoms with van der Waals surface area (Å²) in [5, 5.41) is 2.20. The lowest BCUT2D eigenvalue weighted by atomic mass is 9.91. The van der Waals surface area contributed by atoms with Crippen LogP contribution in [0.15, 0.2) is 101 Å². The molecule has 0 saturated heterocycles. The van der Waals surface area contributed by atoms with Gasteiger partial charge in [-0.1, -0.05) is 79.4 Å². The van der Waals surface area contributed by atoms with Gasteiger partial charge >= 0.3 is 0 Å². The van der Waals surface area contributed by atoms with E-state index in [4.69, 9.17) is 9.41 Å². The van der Waals surface area contributed by atoms with Crippen molar-refractivity contribution in [2.45, 2.75) is 20.8 Å². The van der Waals surface area contributed by atoms with Crippen LogP contribution >= 0.6 is 0 Å². The minimum atomic E-state index is 0.759. The summed E-state index contributed by atoms with van der Waals surface area (Å²) in [5.41, 5.74) is 10.4. The van der Waals surface area contributed by atoms with Crippen molar-refractivity contribution in [2.75, 3.05) is 0 Å². The van der Waals surface area contributed by atoms with Gasteiger partial charge in [0.15, 0.2) is 0 Å². The standard InChI is InChI=1S/C30H25NO/c1-19-11-5-6-13-23(19)29-20(2)12-9-15-24(29)21(3)31-22(4)25-16-10-18-28-30(25)26-14-7-8-17-27(26)32-28/h5-18H,3H2,1-2,4H3. The van der Waals surface area contributed by atoms with Crippen LogP contribution in [-0.4, -0.2) is 5.71 Å². The molecule has 0 radical (unpaired) electrons. The second-order valence-electron chi connectivity index (χ2n) is 8.23. The van der Waals surface area contributed by atoms with E-state index in [2.05, 4.69) is 75.0 Å². The maximum atomic E-state index is 6.06. The number of benzene rings is 4. The molecule has 0 aliphatic rings. The van der Waals surface area contributed by atoms with E-state index in [9.17, 15) is 0 Å². The van der Waals surface area contributed by atoms with E-state index in [1.165, 1.54) is 22.3 Å². The first-order valence-corrected chi connectivity index (χ1v) is 10.9. The molecule has 0 spiro atoms. The van der Waals surface area contributed by atoms with E-state index < -0.39 is 0 Å². The summed E-state index contributed by atoms with van der Waals surface area (Å²) >= 11 is 0. The van der Waals surface area contributed by atoms with Crippen molar-refractivity contribution in [3.05, 3.63) is 114 Å². The average molecular weight is 416 g/mol. The Bertz CT molecular complexity index is 1520. The first-order valence-electron chi connectivity index (χ1n) is 10.9. The Hall–Kier alpha value is -3.91. The predicted octanol–water partition coefficient (Wildman–Crippen LogP) is 8.35. The Kier molecular flexibility index (Phi) is 4.99. The highest BCUT2D eigenvalue weighted by atomic mass is 16.3. The molecule has 0 atom stereocenters. The van der Waals surface area contributed by atoms with Crippen LogP contribution in [0.2, 0.25) is 0 Å². The van der Waals surface area contributed by atoms with Gasteiger partial charge in [-0.25, -0.2) is 0 Å². The molecule has 0 N–H and O–H groups in total. The van der Waals surface area contributed by atoms with Gasteiger partial charge in [-0.2, -0.15) is 0 Å². The largest absolute Gasteiger partial charge is 0.456 e. The fourth-order valence-corrected chi connectivity index (χ4v) is 4.52. The van der Waals surface area contributed by atoms with Gasteiger partial charge in [0.05, 0.1) is 5.70 Å². The number of hydrogen-bond acceptors (Lipinski definition) is 2. The van der Waals surface area contributed by atoms with Crippen molar-refractivity contribution in [3.8, 4) is 11.1 Å². The van der Waals surface area contributed by atoms with Crippen molar-refractivity contribution in [3.63, 3.8) is 0 Å². The summed E-state index contributed by atoms with van der Waals surface area (Å²) < 4.78 is 6.06. The van der Waals surface area contributed by atoms with Crippen LogP contribution in [0, 0.1) is 13.8 Å². The Morgan fingerprint density at radius 1 is 0.719 bits per heavy atom. The van der Waals surface area contributed by atoms with Crippen molar-refractivity contribution < 1.29 is 4.42 Å². The van der Waals surface area contributed by atoms with E-state index in [1.54, 1.807) is 0 Å². The highest BCUT2D eigenvalue weighted by molar-refractivity contribution is 6.18. The monoisotopic (exact) mass is 415 g/mol. The van der Waals surface area contributed by atoms with Gasteiger partial charge < -0.3 is 4.42 Å². The number of hydrogen-bond donors (Lipinski definition) is 0. The van der Waals surface area contributed by atoms with Gasteiger partial charge in [-0.05, 0) is 55.2 Å². The smallest absolute Gasteiger partial charge is 0.136 e. The van der Waals surface area contributed by atoms with Crippen molar-refractivity contribution in [1.82, 2.24) is 0 Å². The zero-order chi connectivity index (χ0) is 22.2. The van der Waals surface area contributed by atoms with Gasteiger partial charge in [-0.15, -0.1) is 0 Å². The number of aliphatic imine (C=N–C) groups is 1. The summed E-state index contributed by atoms with van der Waals surface area (Å²) in [6, 6.07) is 29.1. The SMILES string of the molecule is C=C(N=C(C)c1cccc2oc3ccccc3c12)c1cccc(C)c1-c1ccccc1C. The number of rotatable bonds is 4. The molecule has 156 valence electrons. The number of furan rings is 1. The molecule has 5 aromatic rings. The van der Waals surface area contributed by atoms with Gasteiger partial charge in [0.2, 0.25) is 0 Å². The molecule has 1 aromatic heterocycles. The molecule has 2 nitrogen and oxygen atoms in total. The molecule has 0 bridgehead atoms. The van der Waals surface area contributed by atoms with E-state index in [0.717, 1.165) is 44.5 Å². The van der Waals surface area contributed by atoms with Crippen molar-refractivity contribution in [2.24, 2.45) is 4.99 Å². The van der Waals surface area contributed by atoms with Crippen LogP contribution in [-0.2, 0) is 0 Å². The molecular formula is C30H25NO. The molecular weight excluding hydrogens is 390 g/mol. The number of fused-ring (bicyclic) bond motifs is 3. The summed E-state index contributed by atoms with van der Waals surface area (Å²) in [5.74, 6) is 0. The lowest BCUT2D eigenvalue weighted by Crippen LogP contribution is -1.98. The molecule has 0 saturated carbocycles. The van der Waals surface area contributed by atoms with Gasteiger partial charge in [-0.3, -0.25) is 4.99 Å². The quantitative estimate of drug-likeness (QED) is 0.271. The molecule has 0 aliphatic carbocycles. The molecule has 0 fully saturated rings. The third-order valence-corrected chi connectivity index (χ3v) is 6.09. The van der Waals surface area contributed by atoms with Crippen molar-refractivity contribution >= 4 is 33.3 Å². The zero-order valence-corrected chi connectivity index (χ0v) is 18.6. The maximum Gasteiger partial charge on any atom is 0.136 e. The second-order valence-corrected chi connectivity index (χ2v) is 8.23. The molecule has 0 unspecified atom stereocenters. The summed E-state index contributed by atoms with van der Waals surface area (Å²) in [7, 11) is 0. The average Bonchev–Trinajstić information content (AvgIpc) is 3.18. The highest BCUT2D eigenvalue weighted by Crippen LogP contribution is 2.35. The Morgan fingerprint density at radius 2 is 1.38 bits per heavy atom. The topological polar surface area (TPSA) is 25.5 Å². The maximum absolute atomic E-state index is 6.06. The van der Waals surface area contributed by atoms with Crippen LogP contribution in [0.1, 0.15) is 29.2 Å². The number of nitrogens with zero attached hydrogens (tertiary/aromatic N) is 1. The normalized spacial score (nSPS) is 11.9. The lowest BCUT2D eigenvalue weighted by molar-refractivity contribution is 0.669. The fourth-order valence-electron chi connectivity index (χ4n) is 4.52. The zero-order valence-electron chi connectivity index (χ0n) is 18.6. The third-order valence-electron chi connectivity index (χ3n) is 6.09. The minimum absolute atomic E-state index is 0.759. The van der Waals surface area contributed by atoms with E-state index in [-0.39, 0.29) is 0 Å². The van der Waals surface area contributed by atoms with E-state index in [1.807, 2.05) is 37.3 Å². The van der Waals surface area contributed by atoms with Crippen LogP contribution in [0.5, 0.6) is 0 Å². The summed E-state index contributed by atoms with van der Waals surface area (Å²) in [6.07, 6.45) is 0. The molecule has 1 heterocycles. The van der Waals surface area contributed by atoms with E-state index >= 15 is 0 Å². The molecule has 32 heavy (non-hydrogen) atoms. The van der Waals surface area contributed by atoms with Gasteiger partial charge in [0.1, 0.15) is 11.2 Å². The lowest BCUT2D eigenvalue weighted by Gasteiger charge is -2.15.